The predicted molar refractivity (Wildman–Crippen MR) is 81.7 cm³/mol. The minimum Gasteiger partial charge on any atom is -0.378 e. The second kappa shape index (κ2) is 5.90. The Labute approximate surface area is 120 Å². The van der Waals surface area contributed by atoms with Gasteiger partial charge in [-0.15, -0.1) is 0 Å². The summed E-state index contributed by atoms with van der Waals surface area (Å²) in [6, 6.07) is 8.80. The van der Waals surface area contributed by atoms with Gasteiger partial charge in [-0.2, -0.15) is 0 Å². The maximum atomic E-state index is 5.77. The van der Waals surface area contributed by atoms with Crippen LogP contribution in [0, 0.1) is 5.92 Å². The Morgan fingerprint density at radius 2 is 2.20 bits per heavy atom. The van der Waals surface area contributed by atoms with Crippen LogP contribution in [0.2, 0.25) is 0 Å². The number of fused-ring (bicyclic) bond motifs is 1. The Morgan fingerprint density at radius 3 is 2.95 bits per heavy atom. The third-order valence-corrected chi connectivity index (χ3v) is 4.32. The van der Waals surface area contributed by atoms with Crippen LogP contribution in [-0.4, -0.2) is 24.2 Å². The molecule has 0 amide bonds. The van der Waals surface area contributed by atoms with Crippen LogP contribution in [0.15, 0.2) is 36.7 Å². The van der Waals surface area contributed by atoms with Crippen molar-refractivity contribution in [3.05, 3.63) is 42.2 Å². The van der Waals surface area contributed by atoms with E-state index >= 15 is 0 Å². The van der Waals surface area contributed by atoms with Gasteiger partial charge >= 0.3 is 0 Å². The summed E-state index contributed by atoms with van der Waals surface area (Å²) >= 11 is 0. The summed E-state index contributed by atoms with van der Waals surface area (Å²) in [6.45, 7) is 6.16. The monoisotopic (exact) mass is 270 g/mol. The molecule has 0 spiro atoms. The number of benzene rings is 1. The molecule has 0 radical (unpaired) electrons. The fourth-order valence-corrected chi connectivity index (χ4v) is 3.29. The number of nitrogens with zero attached hydrogens (tertiary/aromatic N) is 1. The first-order chi connectivity index (χ1) is 9.81. The zero-order valence-corrected chi connectivity index (χ0v) is 12.2. The second-order valence-electron chi connectivity index (χ2n) is 5.51. The van der Waals surface area contributed by atoms with E-state index in [1.54, 1.807) is 0 Å². The topological polar surface area (TPSA) is 34.2 Å². The molecular formula is C17H22N2O. The number of ether oxygens (including phenoxy) is 1. The predicted octanol–water partition coefficient (Wildman–Crippen LogP) is 3.31. The highest BCUT2D eigenvalue weighted by Gasteiger charge is 2.33. The highest BCUT2D eigenvalue weighted by molar-refractivity contribution is 5.85. The van der Waals surface area contributed by atoms with Crippen molar-refractivity contribution in [3.8, 4) is 0 Å². The van der Waals surface area contributed by atoms with Gasteiger partial charge in [0, 0.05) is 36.3 Å². The summed E-state index contributed by atoms with van der Waals surface area (Å²) < 4.78 is 5.77. The molecule has 0 bridgehead atoms. The van der Waals surface area contributed by atoms with Crippen LogP contribution in [0.1, 0.15) is 31.9 Å². The number of hydrogen-bond donors (Lipinski definition) is 1. The molecule has 20 heavy (non-hydrogen) atoms. The normalized spacial score (nSPS) is 24.1. The van der Waals surface area contributed by atoms with Gasteiger partial charge in [0.05, 0.1) is 6.10 Å². The number of rotatable bonds is 4. The van der Waals surface area contributed by atoms with E-state index in [9.17, 15) is 0 Å². The molecule has 3 atom stereocenters. The number of nitrogens with one attached hydrogen (secondary N) is 1. The molecule has 3 nitrogen and oxygen atoms in total. The summed E-state index contributed by atoms with van der Waals surface area (Å²) in [7, 11) is 0. The number of hydrogen-bond acceptors (Lipinski definition) is 3. The summed E-state index contributed by atoms with van der Waals surface area (Å²) in [4.78, 5) is 4.43. The summed E-state index contributed by atoms with van der Waals surface area (Å²) in [5.74, 6) is 0.516. The van der Waals surface area contributed by atoms with Gasteiger partial charge < -0.3 is 10.1 Å². The lowest BCUT2D eigenvalue weighted by Gasteiger charge is -2.27. The van der Waals surface area contributed by atoms with Gasteiger partial charge in [0.25, 0.3) is 0 Å². The molecule has 3 rings (SSSR count). The minimum absolute atomic E-state index is 0.304. The lowest BCUT2D eigenvalue weighted by atomic mass is 9.87. The molecule has 1 saturated heterocycles. The quantitative estimate of drug-likeness (QED) is 0.925. The number of aromatic nitrogens is 1. The summed E-state index contributed by atoms with van der Waals surface area (Å²) in [5.41, 5.74) is 1.30. The van der Waals surface area contributed by atoms with Crippen molar-refractivity contribution in [2.45, 2.75) is 32.4 Å². The third-order valence-electron chi connectivity index (χ3n) is 4.32. The highest BCUT2D eigenvalue weighted by atomic mass is 16.5. The Hall–Kier alpha value is -1.45. The molecule has 1 aromatic carbocycles. The van der Waals surface area contributed by atoms with E-state index in [0.29, 0.717) is 18.1 Å². The summed E-state index contributed by atoms with van der Waals surface area (Å²) in [5, 5.41) is 6.15. The molecule has 1 aliphatic heterocycles. The van der Waals surface area contributed by atoms with Gasteiger partial charge in [-0.1, -0.05) is 31.2 Å². The van der Waals surface area contributed by atoms with Gasteiger partial charge in [0.15, 0.2) is 0 Å². The number of pyridine rings is 1. The van der Waals surface area contributed by atoms with Crippen molar-refractivity contribution in [2.24, 2.45) is 5.92 Å². The second-order valence-corrected chi connectivity index (χ2v) is 5.51. The van der Waals surface area contributed by atoms with E-state index in [1.807, 2.05) is 12.4 Å². The van der Waals surface area contributed by atoms with Crippen molar-refractivity contribution in [1.29, 1.82) is 0 Å². The maximum absolute atomic E-state index is 5.77. The van der Waals surface area contributed by atoms with Gasteiger partial charge in [-0.05, 0) is 30.8 Å². The fourth-order valence-electron chi connectivity index (χ4n) is 3.29. The van der Waals surface area contributed by atoms with E-state index in [0.717, 1.165) is 19.6 Å². The van der Waals surface area contributed by atoms with Crippen LogP contribution in [0.3, 0.4) is 0 Å². The molecule has 3 unspecified atom stereocenters. The zero-order chi connectivity index (χ0) is 13.9. The van der Waals surface area contributed by atoms with Crippen molar-refractivity contribution >= 4 is 10.8 Å². The smallest absolute Gasteiger partial charge is 0.0594 e. The van der Waals surface area contributed by atoms with Crippen molar-refractivity contribution in [3.63, 3.8) is 0 Å². The first kappa shape index (κ1) is 13.5. The van der Waals surface area contributed by atoms with Gasteiger partial charge in [0.1, 0.15) is 0 Å². The molecule has 1 aliphatic rings. The average molecular weight is 270 g/mol. The van der Waals surface area contributed by atoms with Gasteiger partial charge in [-0.3, -0.25) is 4.98 Å². The lowest BCUT2D eigenvalue weighted by molar-refractivity contribution is 0.0957. The molecule has 1 aromatic heterocycles. The van der Waals surface area contributed by atoms with Crippen LogP contribution < -0.4 is 5.32 Å². The van der Waals surface area contributed by atoms with E-state index < -0.39 is 0 Å². The Morgan fingerprint density at radius 1 is 1.35 bits per heavy atom. The lowest BCUT2D eigenvalue weighted by Crippen LogP contribution is -2.32. The van der Waals surface area contributed by atoms with Crippen LogP contribution in [0.25, 0.3) is 10.8 Å². The highest BCUT2D eigenvalue weighted by Crippen LogP contribution is 2.35. The zero-order valence-electron chi connectivity index (χ0n) is 12.2. The average Bonchev–Trinajstić information content (AvgIpc) is 2.90. The molecule has 2 aromatic rings. The van der Waals surface area contributed by atoms with Crippen molar-refractivity contribution in [2.75, 3.05) is 13.2 Å². The molecule has 0 saturated carbocycles. The van der Waals surface area contributed by atoms with Gasteiger partial charge in [-0.25, -0.2) is 0 Å². The van der Waals surface area contributed by atoms with Crippen LogP contribution in [0.5, 0.6) is 0 Å². The first-order valence-corrected chi connectivity index (χ1v) is 7.49. The molecular weight excluding hydrogens is 248 g/mol. The van der Waals surface area contributed by atoms with E-state index in [4.69, 9.17) is 4.74 Å². The van der Waals surface area contributed by atoms with E-state index in [-0.39, 0.29) is 0 Å². The molecule has 1 N–H and O–H groups in total. The van der Waals surface area contributed by atoms with Crippen LogP contribution in [0.4, 0.5) is 0 Å². The Bertz CT molecular complexity index is 579. The van der Waals surface area contributed by atoms with E-state index in [1.165, 1.54) is 16.3 Å². The minimum atomic E-state index is 0.304. The largest absolute Gasteiger partial charge is 0.378 e. The van der Waals surface area contributed by atoms with Crippen LogP contribution >= 0.6 is 0 Å². The summed E-state index contributed by atoms with van der Waals surface area (Å²) in [6.07, 6.45) is 5.37. The Kier molecular flexibility index (Phi) is 3.99. The molecule has 106 valence electrons. The molecule has 2 heterocycles. The standard InChI is InChI=1S/C17H22N2O/c1-3-19-17(14-8-9-20-12(14)2)16-11-18-10-13-6-4-5-7-15(13)16/h4-7,10-12,14,17,19H,3,8-9H2,1-2H3. The fraction of sp³-hybridized carbons (Fsp3) is 0.471. The van der Waals surface area contributed by atoms with Crippen molar-refractivity contribution < 1.29 is 4.74 Å². The van der Waals surface area contributed by atoms with Crippen LogP contribution in [-0.2, 0) is 4.74 Å². The first-order valence-electron chi connectivity index (χ1n) is 7.49. The van der Waals surface area contributed by atoms with E-state index in [2.05, 4.69) is 48.4 Å². The SMILES string of the molecule is CCNC(c1cncc2ccccc12)C1CCOC1C. The Balaban J connectivity index is 2.05. The molecule has 3 heteroatoms. The van der Waals surface area contributed by atoms with Gasteiger partial charge in [0.2, 0.25) is 0 Å². The third kappa shape index (κ3) is 2.43. The van der Waals surface area contributed by atoms with Crippen molar-refractivity contribution in [1.82, 2.24) is 10.3 Å². The maximum Gasteiger partial charge on any atom is 0.0594 e. The molecule has 1 fully saturated rings. The molecule has 0 aliphatic carbocycles.